The maximum absolute atomic E-state index is 11.8. The average Bonchev–Trinajstić information content (AvgIpc) is 2.34. The summed E-state index contributed by atoms with van der Waals surface area (Å²) in [6.07, 6.45) is 1.01. The number of nitrogens with one attached hydrogen (secondary N) is 1. The van der Waals surface area contributed by atoms with Crippen molar-refractivity contribution in [2.45, 2.75) is 24.5 Å². The van der Waals surface area contributed by atoms with Crippen LogP contribution in [0.5, 0.6) is 0 Å². The molecule has 0 radical (unpaired) electrons. The number of nitrogens with two attached hydrogens (primary N) is 1. The quantitative estimate of drug-likeness (QED) is 0.440. The Morgan fingerprint density at radius 3 is 2.30 bits per heavy atom. The number of cyclic esters (lactones) is 2. The van der Waals surface area contributed by atoms with E-state index in [4.69, 9.17) is 14.6 Å². The maximum Gasteiger partial charge on any atom is 0.350 e. The van der Waals surface area contributed by atoms with Crippen LogP contribution in [0.4, 0.5) is 5.69 Å². The molecule has 1 aromatic carbocycles. The van der Waals surface area contributed by atoms with Crippen LogP contribution in [0.2, 0.25) is 0 Å². The van der Waals surface area contributed by atoms with Crippen LogP contribution in [-0.2, 0) is 29.1 Å². The molecule has 0 bridgehead atoms. The number of ether oxygens (including phenoxy) is 2. The molecule has 1 aliphatic heterocycles. The van der Waals surface area contributed by atoms with Gasteiger partial charge in [0.05, 0.1) is 5.69 Å². The van der Waals surface area contributed by atoms with Crippen molar-refractivity contribution in [3.63, 3.8) is 0 Å². The van der Waals surface area contributed by atoms with Gasteiger partial charge in [-0.1, -0.05) is 6.07 Å². The molecule has 1 aromatic rings. The lowest BCUT2D eigenvalue weighted by atomic mass is 10.2. The molecule has 1 fully saturated rings. The minimum Gasteiger partial charge on any atom is -0.419 e. The summed E-state index contributed by atoms with van der Waals surface area (Å²) >= 11 is 3.08. The van der Waals surface area contributed by atoms with E-state index in [1.807, 2.05) is 0 Å². The molecule has 10 heteroatoms. The van der Waals surface area contributed by atoms with E-state index in [1.165, 1.54) is 26.0 Å². The third-order valence-electron chi connectivity index (χ3n) is 2.74. The van der Waals surface area contributed by atoms with Crippen LogP contribution < -0.4 is 10.5 Å². The molecule has 0 atom stereocenters. The third kappa shape index (κ3) is 3.89. The second-order valence-electron chi connectivity index (χ2n) is 5.04. The van der Waals surface area contributed by atoms with Crippen molar-refractivity contribution in [3.8, 4) is 0 Å². The Balaban J connectivity index is 2.37. The summed E-state index contributed by atoms with van der Waals surface area (Å²) in [5.74, 6) is -3.12. The monoisotopic (exact) mass is 404 g/mol. The van der Waals surface area contributed by atoms with Crippen LogP contribution in [0.3, 0.4) is 0 Å². The predicted molar refractivity (Wildman–Crippen MR) is 83.5 cm³/mol. The first-order valence-corrected chi connectivity index (χ1v) is 8.60. The molecule has 0 unspecified atom stereocenters. The number of rotatable bonds is 3. The van der Waals surface area contributed by atoms with Gasteiger partial charge in [0, 0.05) is 24.5 Å². The molecule has 3 N–H and O–H groups in total. The van der Waals surface area contributed by atoms with Gasteiger partial charge in [-0.05, 0) is 28.1 Å². The Morgan fingerprint density at radius 1 is 1.22 bits per heavy atom. The fraction of sp³-hybridized carbons (Fsp3) is 0.231. The van der Waals surface area contributed by atoms with Gasteiger partial charge in [0.2, 0.25) is 10.0 Å². The molecule has 2 rings (SSSR count). The van der Waals surface area contributed by atoms with Gasteiger partial charge in [-0.25, -0.2) is 23.1 Å². The summed E-state index contributed by atoms with van der Waals surface area (Å²) in [6.45, 7) is 2.83. The summed E-state index contributed by atoms with van der Waals surface area (Å²) < 4.78 is 33.4. The summed E-state index contributed by atoms with van der Waals surface area (Å²) in [5, 5.41) is 7.72. The summed E-state index contributed by atoms with van der Waals surface area (Å²) in [4.78, 5) is 23.4. The highest BCUT2D eigenvalue weighted by atomic mass is 79.9. The molecule has 0 aliphatic carbocycles. The second kappa shape index (κ2) is 5.95. The van der Waals surface area contributed by atoms with Crippen LogP contribution in [0.15, 0.2) is 39.3 Å². The van der Waals surface area contributed by atoms with E-state index >= 15 is 0 Å². The van der Waals surface area contributed by atoms with Gasteiger partial charge in [0.1, 0.15) is 4.90 Å². The topological polar surface area (TPSA) is 125 Å². The van der Waals surface area contributed by atoms with E-state index in [1.54, 1.807) is 6.07 Å². The van der Waals surface area contributed by atoms with Crippen LogP contribution >= 0.6 is 15.9 Å². The Hall–Kier alpha value is -1.91. The van der Waals surface area contributed by atoms with Crippen molar-refractivity contribution in [2.24, 2.45) is 5.14 Å². The lowest BCUT2D eigenvalue weighted by Crippen LogP contribution is -2.42. The number of hydrogen-bond donors (Lipinski definition) is 2. The van der Waals surface area contributed by atoms with Crippen molar-refractivity contribution >= 4 is 43.6 Å². The zero-order chi connectivity index (χ0) is 17.4. The van der Waals surface area contributed by atoms with Crippen molar-refractivity contribution in [1.82, 2.24) is 0 Å². The molecule has 0 saturated carbocycles. The highest BCUT2D eigenvalue weighted by Gasteiger charge is 2.39. The summed E-state index contributed by atoms with van der Waals surface area (Å²) in [7, 11) is -4.03. The van der Waals surface area contributed by atoms with Crippen molar-refractivity contribution in [3.05, 3.63) is 34.4 Å². The Kier molecular flexibility index (Phi) is 4.51. The zero-order valence-electron chi connectivity index (χ0n) is 12.1. The first kappa shape index (κ1) is 17.4. The van der Waals surface area contributed by atoms with Gasteiger partial charge in [0.25, 0.3) is 5.79 Å². The van der Waals surface area contributed by atoms with E-state index < -0.39 is 33.3 Å². The molecular formula is C13H13BrN2O6S. The second-order valence-corrected chi connectivity index (χ2v) is 7.40. The molecule has 8 nitrogen and oxygen atoms in total. The number of carbonyl (C=O) groups is 2. The maximum atomic E-state index is 11.8. The Labute approximate surface area is 140 Å². The molecule has 0 amide bonds. The summed E-state index contributed by atoms with van der Waals surface area (Å²) in [5.41, 5.74) is -0.315. The standard InChI is InChI=1S/C13H13BrN2O6S/c1-13(2)21-11(17)7(12(18)22-13)6-16-9-5-3-4-8(14)10(9)23(15,19)20/h3-6,16H,1-2H3,(H2,15,19,20). The molecule has 1 heterocycles. The zero-order valence-corrected chi connectivity index (χ0v) is 14.5. The minimum absolute atomic E-state index is 0.0832. The fourth-order valence-electron chi connectivity index (χ4n) is 1.84. The number of benzene rings is 1. The van der Waals surface area contributed by atoms with Gasteiger partial charge in [-0.3, -0.25) is 0 Å². The molecule has 0 spiro atoms. The molecule has 1 aliphatic rings. The number of primary sulfonamides is 1. The van der Waals surface area contributed by atoms with Crippen molar-refractivity contribution in [2.75, 3.05) is 5.32 Å². The summed E-state index contributed by atoms with van der Waals surface area (Å²) in [6, 6.07) is 4.47. The van der Waals surface area contributed by atoms with Crippen LogP contribution in [0.25, 0.3) is 0 Å². The smallest absolute Gasteiger partial charge is 0.350 e. The normalized spacial score (nSPS) is 17.3. The number of esters is 2. The number of anilines is 1. The van der Waals surface area contributed by atoms with E-state index in [0.29, 0.717) is 0 Å². The van der Waals surface area contributed by atoms with E-state index in [9.17, 15) is 18.0 Å². The number of hydrogen-bond acceptors (Lipinski definition) is 7. The molecule has 23 heavy (non-hydrogen) atoms. The van der Waals surface area contributed by atoms with Gasteiger partial charge >= 0.3 is 11.9 Å². The fourth-order valence-corrected chi connectivity index (χ4v) is 3.66. The van der Waals surface area contributed by atoms with Crippen molar-refractivity contribution in [1.29, 1.82) is 0 Å². The SMILES string of the molecule is CC1(C)OC(=O)C(=CNc2cccc(Br)c2S(N)(=O)=O)C(=O)O1. The first-order chi connectivity index (χ1) is 10.5. The molecule has 1 saturated heterocycles. The van der Waals surface area contributed by atoms with Crippen LogP contribution in [-0.4, -0.2) is 26.1 Å². The van der Waals surface area contributed by atoms with E-state index in [2.05, 4.69) is 21.2 Å². The largest absolute Gasteiger partial charge is 0.419 e. The van der Waals surface area contributed by atoms with E-state index in [0.717, 1.165) is 6.20 Å². The highest BCUT2D eigenvalue weighted by molar-refractivity contribution is 9.10. The lowest BCUT2D eigenvalue weighted by Gasteiger charge is -2.29. The first-order valence-electron chi connectivity index (χ1n) is 6.26. The van der Waals surface area contributed by atoms with Crippen molar-refractivity contribution < 1.29 is 27.5 Å². The van der Waals surface area contributed by atoms with Gasteiger partial charge in [0.15, 0.2) is 5.57 Å². The number of halogens is 1. The average molecular weight is 405 g/mol. The van der Waals surface area contributed by atoms with E-state index in [-0.39, 0.29) is 15.1 Å². The van der Waals surface area contributed by atoms with Gasteiger partial charge in [-0.15, -0.1) is 0 Å². The molecular weight excluding hydrogens is 392 g/mol. The molecule has 124 valence electrons. The third-order valence-corrected chi connectivity index (χ3v) is 4.67. The lowest BCUT2D eigenvalue weighted by molar-refractivity contribution is -0.222. The van der Waals surface area contributed by atoms with Gasteiger partial charge in [-0.2, -0.15) is 0 Å². The van der Waals surface area contributed by atoms with Crippen LogP contribution in [0.1, 0.15) is 13.8 Å². The highest BCUT2D eigenvalue weighted by Crippen LogP contribution is 2.29. The van der Waals surface area contributed by atoms with Gasteiger partial charge < -0.3 is 14.8 Å². The Bertz CT molecular complexity index is 794. The minimum atomic E-state index is -4.03. The van der Waals surface area contributed by atoms with Crippen LogP contribution in [0, 0.1) is 0 Å². The number of carbonyl (C=O) groups excluding carboxylic acids is 2. The Morgan fingerprint density at radius 2 is 1.78 bits per heavy atom. The number of sulfonamides is 1. The molecule has 0 aromatic heterocycles. The predicted octanol–water partition coefficient (Wildman–Crippen LogP) is 1.23.